The third-order valence-electron chi connectivity index (χ3n) is 3.25. The van der Waals surface area contributed by atoms with Crippen LogP contribution in [0.1, 0.15) is 22.3 Å². The molecule has 1 heterocycles. The Bertz CT molecular complexity index is 932. The van der Waals surface area contributed by atoms with E-state index in [1.165, 1.54) is 35.6 Å². The van der Waals surface area contributed by atoms with E-state index in [1.54, 1.807) is 6.92 Å². The molecule has 1 aromatic heterocycles. The molecule has 2 aromatic carbocycles. The number of nitrogens with zero attached hydrogens (tertiary/aromatic N) is 3. The fraction of sp³-hybridized carbons (Fsp3) is 0.0625. The number of carbonyl (C=O) groups is 1. The van der Waals surface area contributed by atoms with Gasteiger partial charge in [0.1, 0.15) is 5.01 Å². The van der Waals surface area contributed by atoms with Crippen molar-refractivity contribution in [3.05, 3.63) is 69.2 Å². The van der Waals surface area contributed by atoms with Crippen LogP contribution < -0.4 is 5.43 Å². The topological polar surface area (TPSA) is 97.5 Å². The summed E-state index contributed by atoms with van der Waals surface area (Å²) in [7, 11) is 0. The first-order chi connectivity index (χ1) is 11.5. The van der Waals surface area contributed by atoms with Gasteiger partial charge >= 0.3 is 0 Å². The Balaban J connectivity index is 1.78. The summed E-state index contributed by atoms with van der Waals surface area (Å²) in [5.74, 6) is -0.515. The zero-order valence-corrected chi connectivity index (χ0v) is 13.4. The van der Waals surface area contributed by atoms with Crippen molar-refractivity contribution in [3.63, 3.8) is 0 Å². The molecule has 0 saturated heterocycles. The summed E-state index contributed by atoms with van der Waals surface area (Å²) >= 11 is 1.48. The standard InChI is InChI=1S/C16H12N4O3S/c1-10(16-17-13-7-2-3-8-14(13)24-16)18-19-15(21)11-5-4-6-12(9-11)20(22)23/h2-9H,1H3,(H,19,21)/b18-10-. The number of amides is 1. The van der Waals surface area contributed by atoms with E-state index in [4.69, 9.17) is 0 Å². The maximum Gasteiger partial charge on any atom is 0.271 e. The lowest BCUT2D eigenvalue weighted by Gasteiger charge is -2.01. The number of non-ortho nitro benzene ring substituents is 1. The highest BCUT2D eigenvalue weighted by molar-refractivity contribution is 7.20. The zero-order valence-electron chi connectivity index (χ0n) is 12.6. The number of hydrazone groups is 1. The monoisotopic (exact) mass is 340 g/mol. The lowest BCUT2D eigenvalue weighted by molar-refractivity contribution is -0.384. The zero-order chi connectivity index (χ0) is 17.1. The smallest absolute Gasteiger partial charge is 0.267 e. The van der Waals surface area contributed by atoms with Gasteiger partial charge in [0, 0.05) is 17.7 Å². The van der Waals surface area contributed by atoms with Gasteiger partial charge in [-0.05, 0) is 25.1 Å². The molecule has 3 aromatic rings. The van der Waals surface area contributed by atoms with Crippen molar-refractivity contribution in [3.8, 4) is 0 Å². The van der Waals surface area contributed by atoms with Gasteiger partial charge in [0.25, 0.3) is 11.6 Å². The largest absolute Gasteiger partial charge is 0.271 e. The first-order valence-electron chi connectivity index (χ1n) is 6.99. The Morgan fingerprint density at radius 3 is 2.79 bits per heavy atom. The fourth-order valence-corrected chi connectivity index (χ4v) is 2.95. The van der Waals surface area contributed by atoms with Crippen LogP contribution in [0.25, 0.3) is 10.2 Å². The molecule has 3 rings (SSSR count). The Kier molecular flexibility index (Phi) is 4.30. The Hall–Kier alpha value is -3.13. The number of hydrogen-bond acceptors (Lipinski definition) is 6. The van der Waals surface area contributed by atoms with E-state index in [9.17, 15) is 14.9 Å². The third-order valence-corrected chi connectivity index (χ3v) is 4.39. The van der Waals surface area contributed by atoms with E-state index in [-0.39, 0.29) is 11.3 Å². The van der Waals surface area contributed by atoms with Crippen molar-refractivity contribution in [2.24, 2.45) is 5.10 Å². The van der Waals surface area contributed by atoms with Gasteiger partial charge in [-0.1, -0.05) is 18.2 Å². The van der Waals surface area contributed by atoms with Crippen LogP contribution in [0.3, 0.4) is 0 Å². The molecular weight excluding hydrogens is 328 g/mol. The first kappa shape index (κ1) is 15.8. The number of fused-ring (bicyclic) bond motifs is 1. The average Bonchev–Trinajstić information content (AvgIpc) is 3.03. The number of para-hydroxylation sites is 1. The van der Waals surface area contributed by atoms with E-state index in [0.717, 1.165) is 10.2 Å². The molecular formula is C16H12N4O3S. The Morgan fingerprint density at radius 2 is 2.04 bits per heavy atom. The predicted octanol–water partition coefficient (Wildman–Crippen LogP) is 3.36. The number of benzene rings is 2. The number of hydrogen-bond donors (Lipinski definition) is 1. The summed E-state index contributed by atoms with van der Waals surface area (Å²) in [6.07, 6.45) is 0. The van der Waals surface area contributed by atoms with Crippen LogP contribution in [-0.4, -0.2) is 21.5 Å². The number of nitro benzene ring substituents is 1. The van der Waals surface area contributed by atoms with Crippen LogP contribution in [0.4, 0.5) is 5.69 Å². The molecule has 0 aliphatic rings. The molecule has 8 heteroatoms. The van der Waals surface area contributed by atoms with Crippen LogP contribution in [0, 0.1) is 10.1 Å². The van der Waals surface area contributed by atoms with Crippen LogP contribution in [-0.2, 0) is 0 Å². The maximum atomic E-state index is 12.1. The summed E-state index contributed by atoms with van der Waals surface area (Å²) < 4.78 is 1.03. The number of nitro groups is 1. The summed E-state index contributed by atoms with van der Waals surface area (Å²) in [5, 5.41) is 15.5. The van der Waals surface area contributed by atoms with E-state index in [2.05, 4.69) is 15.5 Å². The number of nitrogens with one attached hydrogen (secondary N) is 1. The van der Waals surface area contributed by atoms with Crippen molar-refractivity contribution in [1.29, 1.82) is 0 Å². The number of thiazole rings is 1. The summed E-state index contributed by atoms with van der Waals surface area (Å²) in [4.78, 5) is 26.7. The molecule has 0 aliphatic carbocycles. The normalized spacial score (nSPS) is 11.5. The Morgan fingerprint density at radius 1 is 1.25 bits per heavy atom. The van der Waals surface area contributed by atoms with Crippen LogP contribution in [0.2, 0.25) is 0 Å². The van der Waals surface area contributed by atoms with Gasteiger partial charge in [-0.3, -0.25) is 14.9 Å². The molecule has 0 unspecified atom stereocenters. The minimum Gasteiger partial charge on any atom is -0.267 e. The van der Waals surface area contributed by atoms with Gasteiger partial charge in [-0.15, -0.1) is 11.3 Å². The second-order valence-corrected chi connectivity index (χ2v) is 5.96. The third kappa shape index (κ3) is 3.28. The molecule has 0 aliphatic heterocycles. The average molecular weight is 340 g/mol. The van der Waals surface area contributed by atoms with E-state index in [0.29, 0.717) is 10.7 Å². The summed E-state index contributed by atoms with van der Waals surface area (Å²) in [5.41, 5.74) is 3.87. The fourth-order valence-electron chi connectivity index (χ4n) is 2.03. The molecule has 120 valence electrons. The Labute approximate surface area is 140 Å². The van der Waals surface area contributed by atoms with Gasteiger partial charge in [0.2, 0.25) is 0 Å². The van der Waals surface area contributed by atoms with E-state index >= 15 is 0 Å². The maximum absolute atomic E-state index is 12.1. The van der Waals surface area contributed by atoms with Crippen LogP contribution >= 0.6 is 11.3 Å². The highest BCUT2D eigenvalue weighted by Gasteiger charge is 2.12. The van der Waals surface area contributed by atoms with Crippen molar-refractivity contribution in [1.82, 2.24) is 10.4 Å². The molecule has 24 heavy (non-hydrogen) atoms. The highest BCUT2D eigenvalue weighted by Crippen LogP contribution is 2.22. The van der Waals surface area contributed by atoms with Crippen molar-refractivity contribution in [2.45, 2.75) is 6.92 Å². The number of carbonyl (C=O) groups excluding carboxylic acids is 1. The molecule has 0 atom stereocenters. The lowest BCUT2D eigenvalue weighted by Crippen LogP contribution is -2.19. The van der Waals surface area contributed by atoms with Crippen molar-refractivity contribution in [2.75, 3.05) is 0 Å². The van der Waals surface area contributed by atoms with Gasteiger partial charge in [-0.2, -0.15) is 5.10 Å². The van der Waals surface area contributed by atoms with E-state index < -0.39 is 10.8 Å². The van der Waals surface area contributed by atoms with Crippen molar-refractivity contribution < 1.29 is 9.72 Å². The highest BCUT2D eigenvalue weighted by atomic mass is 32.1. The van der Waals surface area contributed by atoms with Gasteiger partial charge < -0.3 is 0 Å². The molecule has 1 N–H and O–H groups in total. The molecule has 0 saturated carbocycles. The van der Waals surface area contributed by atoms with Gasteiger partial charge in [-0.25, -0.2) is 10.4 Å². The molecule has 0 bridgehead atoms. The van der Waals surface area contributed by atoms with Gasteiger partial charge in [0.05, 0.1) is 20.9 Å². The quantitative estimate of drug-likeness (QED) is 0.447. The summed E-state index contributed by atoms with van der Waals surface area (Å²) in [6, 6.07) is 13.2. The van der Waals surface area contributed by atoms with Gasteiger partial charge in [0.15, 0.2) is 0 Å². The van der Waals surface area contributed by atoms with Crippen molar-refractivity contribution >= 4 is 38.9 Å². The SMILES string of the molecule is C/C(=N/NC(=O)c1cccc([N+](=O)[O-])c1)c1nc2ccccc2s1. The number of aromatic nitrogens is 1. The minimum absolute atomic E-state index is 0.144. The van der Waals surface area contributed by atoms with Crippen LogP contribution in [0.15, 0.2) is 53.6 Å². The van der Waals surface area contributed by atoms with E-state index in [1.807, 2.05) is 24.3 Å². The molecule has 7 nitrogen and oxygen atoms in total. The van der Waals surface area contributed by atoms with Crippen LogP contribution in [0.5, 0.6) is 0 Å². The molecule has 0 fully saturated rings. The summed E-state index contributed by atoms with van der Waals surface area (Å²) in [6.45, 7) is 1.74. The lowest BCUT2D eigenvalue weighted by atomic mass is 10.2. The second-order valence-electron chi connectivity index (χ2n) is 4.93. The first-order valence-corrected chi connectivity index (χ1v) is 7.81. The second kappa shape index (κ2) is 6.55. The molecule has 0 radical (unpaired) electrons. The predicted molar refractivity (Wildman–Crippen MR) is 92.4 cm³/mol. The number of rotatable bonds is 4. The minimum atomic E-state index is -0.549. The molecule has 1 amide bonds. The molecule has 0 spiro atoms.